The molecule has 0 spiro atoms. The van der Waals surface area contributed by atoms with Gasteiger partial charge in [-0.1, -0.05) is 274 Å². The highest BCUT2D eigenvalue weighted by Gasteiger charge is 2.30. The Morgan fingerprint density at radius 3 is 0.826 bits per heavy atom. The lowest BCUT2D eigenvalue weighted by Crippen LogP contribution is -2.30. The molecule has 0 amide bonds. The molecule has 0 aromatic carbocycles. The van der Waals surface area contributed by atoms with Crippen LogP contribution in [0.25, 0.3) is 0 Å². The number of rotatable bonds is 64. The summed E-state index contributed by atoms with van der Waals surface area (Å²) < 4.78 is 68.1. The zero-order valence-electron chi connectivity index (χ0n) is 55.9. The molecule has 0 saturated heterocycles. The van der Waals surface area contributed by atoms with Gasteiger partial charge in [0, 0.05) is 25.7 Å². The van der Waals surface area contributed by atoms with Crippen LogP contribution in [0.2, 0.25) is 0 Å². The van der Waals surface area contributed by atoms with Crippen molar-refractivity contribution in [3.63, 3.8) is 0 Å². The van der Waals surface area contributed by atoms with E-state index < -0.39 is 97.5 Å². The zero-order valence-corrected chi connectivity index (χ0v) is 57.7. The van der Waals surface area contributed by atoms with Gasteiger partial charge in [-0.25, -0.2) is 9.13 Å². The maximum atomic E-state index is 13.0. The van der Waals surface area contributed by atoms with Crippen molar-refractivity contribution in [2.75, 3.05) is 39.6 Å². The minimum absolute atomic E-state index is 0.102. The van der Waals surface area contributed by atoms with Gasteiger partial charge in [0.2, 0.25) is 0 Å². The van der Waals surface area contributed by atoms with Crippen LogP contribution in [0.5, 0.6) is 0 Å². The lowest BCUT2D eigenvalue weighted by molar-refractivity contribution is -0.161. The Bertz CT molecular complexity index is 1720. The average Bonchev–Trinajstić information content (AvgIpc) is 3.65. The molecule has 510 valence electrons. The molecule has 0 aromatic rings. The smallest absolute Gasteiger partial charge is 0.462 e. The van der Waals surface area contributed by atoms with Crippen LogP contribution in [0.4, 0.5) is 0 Å². The maximum Gasteiger partial charge on any atom is 0.472 e. The third-order valence-electron chi connectivity index (χ3n) is 16.0. The number of unbranched alkanes of at least 4 members (excludes halogenated alkanes) is 28. The summed E-state index contributed by atoms with van der Waals surface area (Å²) in [7, 11) is -9.90. The summed E-state index contributed by atoms with van der Waals surface area (Å²) >= 11 is 0. The van der Waals surface area contributed by atoms with Crippen molar-refractivity contribution in [3.8, 4) is 0 Å². The minimum atomic E-state index is -4.95. The topological polar surface area (TPSA) is 237 Å². The Balaban J connectivity index is 5.24. The minimum Gasteiger partial charge on any atom is -0.462 e. The molecular formula is C67H130O17P2. The molecule has 0 rings (SSSR count). The molecule has 0 aliphatic heterocycles. The molecule has 0 aliphatic carbocycles. The summed E-state index contributed by atoms with van der Waals surface area (Å²) in [6.07, 6.45) is 37.7. The molecule has 3 N–H and O–H groups in total. The van der Waals surface area contributed by atoms with Crippen molar-refractivity contribution < 1.29 is 80.2 Å². The monoisotopic (exact) mass is 1270 g/mol. The molecule has 17 nitrogen and oxygen atoms in total. The van der Waals surface area contributed by atoms with Gasteiger partial charge in [0.1, 0.15) is 19.3 Å². The Kier molecular flexibility index (Phi) is 55.7. The number of aliphatic hydroxyl groups excluding tert-OH is 1. The highest BCUT2D eigenvalue weighted by atomic mass is 31.2. The maximum absolute atomic E-state index is 13.0. The van der Waals surface area contributed by atoms with Crippen LogP contribution in [0, 0.1) is 23.7 Å². The van der Waals surface area contributed by atoms with E-state index in [4.69, 9.17) is 37.0 Å². The SMILES string of the molecule is CCC(C)CCCCCCCCC(=O)OC[C@H](COP(=O)(O)OC[C@H](O)COP(=O)(O)OC[C@@H](COC(=O)CCCCCCCCC(C)CC)OC(=O)CCCCCCCCCC(C)C)OC(=O)CCCCCCCCCCCCCCCC(C)C. The number of phosphoric acid groups is 2. The van der Waals surface area contributed by atoms with E-state index >= 15 is 0 Å². The molecule has 0 fully saturated rings. The Hall–Kier alpha value is -1.94. The normalized spacial score (nSPS) is 15.0. The molecule has 4 unspecified atom stereocenters. The van der Waals surface area contributed by atoms with Crippen LogP contribution in [-0.2, 0) is 65.4 Å². The van der Waals surface area contributed by atoms with Crippen LogP contribution in [-0.4, -0.2) is 96.7 Å². The van der Waals surface area contributed by atoms with Gasteiger partial charge >= 0.3 is 39.5 Å². The van der Waals surface area contributed by atoms with Crippen LogP contribution in [0.15, 0.2) is 0 Å². The van der Waals surface area contributed by atoms with Gasteiger partial charge in [0.25, 0.3) is 0 Å². The summed E-state index contributed by atoms with van der Waals surface area (Å²) in [5.41, 5.74) is 0. The Labute approximate surface area is 524 Å². The fourth-order valence-electron chi connectivity index (χ4n) is 9.89. The lowest BCUT2D eigenvalue weighted by Gasteiger charge is -2.21. The van der Waals surface area contributed by atoms with Crippen molar-refractivity contribution >= 4 is 39.5 Å². The third-order valence-corrected chi connectivity index (χ3v) is 17.9. The summed E-state index contributed by atoms with van der Waals surface area (Å²) in [5.74, 6) is 0.806. The summed E-state index contributed by atoms with van der Waals surface area (Å²) in [6, 6.07) is 0. The van der Waals surface area contributed by atoms with Crippen LogP contribution in [0.1, 0.15) is 325 Å². The molecule has 0 radical (unpaired) electrons. The second kappa shape index (κ2) is 57.0. The number of esters is 4. The van der Waals surface area contributed by atoms with E-state index in [9.17, 15) is 43.2 Å². The molecule has 86 heavy (non-hydrogen) atoms. The quantitative estimate of drug-likeness (QED) is 0.0222. The van der Waals surface area contributed by atoms with Gasteiger partial charge in [-0.2, -0.15) is 0 Å². The molecule has 0 heterocycles. The van der Waals surface area contributed by atoms with Crippen LogP contribution in [0.3, 0.4) is 0 Å². The average molecular weight is 1270 g/mol. The first-order valence-corrected chi connectivity index (χ1v) is 37.8. The summed E-state index contributed by atoms with van der Waals surface area (Å²) in [6.45, 7) is 14.0. The van der Waals surface area contributed by atoms with E-state index in [0.29, 0.717) is 31.6 Å². The summed E-state index contributed by atoms with van der Waals surface area (Å²) in [5, 5.41) is 10.6. The summed E-state index contributed by atoms with van der Waals surface area (Å²) in [4.78, 5) is 72.3. The first-order chi connectivity index (χ1) is 41.2. The van der Waals surface area contributed by atoms with E-state index in [-0.39, 0.29) is 25.7 Å². The predicted octanol–water partition coefficient (Wildman–Crippen LogP) is 18.5. The predicted molar refractivity (Wildman–Crippen MR) is 344 cm³/mol. The number of ether oxygens (including phenoxy) is 4. The second-order valence-electron chi connectivity index (χ2n) is 25.6. The third kappa shape index (κ3) is 58.4. The number of phosphoric ester groups is 2. The van der Waals surface area contributed by atoms with E-state index in [1.807, 2.05) is 0 Å². The van der Waals surface area contributed by atoms with E-state index in [1.54, 1.807) is 0 Å². The first kappa shape index (κ1) is 84.1. The molecular weight excluding hydrogens is 1140 g/mol. The first-order valence-electron chi connectivity index (χ1n) is 34.8. The van der Waals surface area contributed by atoms with E-state index in [2.05, 4.69) is 55.4 Å². The van der Waals surface area contributed by atoms with Gasteiger partial charge in [0.15, 0.2) is 12.2 Å². The molecule has 7 atom stereocenters. The molecule has 0 bridgehead atoms. The van der Waals surface area contributed by atoms with Crippen molar-refractivity contribution in [3.05, 3.63) is 0 Å². The van der Waals surface area contributed by atoms with Crippen LogP contribution >= 0.6 is 15.6 Å². The molecule has 0 saturated carbocycles. The number of hydrogen-bond donors (Lipinski definition) is 3. The molecule has 0 aliphatic rings. The standard InChI is InChI=1S/C67H130O17P2/c1-9-59(7)45-37-29-23-25-31-39-47-64(69)77-53-62(83-66(71)49-41-33-21-17-15-13-11-12-14-16-19-27-35-43-57(3)4)55-81-85(73,74)79-51-61(68)52-80-86(75,76)82-56-63(84-67(72)50-42-34-22-18-20-28-36-44-58(5)6)54-78-65(70)48-40-32-26-24-30-38-46-60(8)10-2/h57-63,68H,9-56H2,1-8H3,(H,73,74)(H,75,76)/t59?,60?,61-,62+,63+/m0/s1. The van der Waals surface area contributed by atoms with E-state index in [0.717, 1.165) is 120 Å². The van der Waals surface area contributed by atoms with Crippen molar-refractivity contribution in [2.45, 2.75) is 343 Å². The zero-order chi connectivity index (χ0) is 63.9. The van der Waals surface area contributed by atoms with Gasteiger partial charge in [-0.05, 0) is 49.4 Å². The largest absolute Gasteiger partial charge is 0.472 e. The number of carbonyl (C=O) groups excluding carboxylic acids is 4. The van der Waals surface area contributed by atoms with Gasteiger partial charge in [-0.15, -0.1) is 0 Å². The Morgan fingerprint density at radius 2 is 0.558 bits per heavy atom. The number of carbonyl (C=O) groups is 4. The van der Waals surface area contributed by atoms with Gasteiger partial charge in [-0.3, -0.25) is 37.3 Å². The van der Waals surface area contributed by atoms with E-state index in [1.165, 1.54) is 116 Å². The lowest BCUT2D eigenvalue weighted by atomic mass is 10.00. The molecule has 0 aromatic heterocycles. The fraction of sp³-hybridized carbons (Fsp3) is 0.940. The highest BCUT2D eigenvalue weighted by molar-refractivity contribution is 7.47. The number of hydrogen-bond acceptors (Lipinski definition) is 15. The highest BCUT2D eigenvalue weighted by Crippen LogP contribution is 2.45. The van der Waals surface area contributed by atoms with Crippen molar-refractivity contribution in [1.29, 1.82) is 0 Å². The Morgan fingerprint density at radius 1 is 0.326 bits per heavy atom. The van der Waals surface area contributed by atoms with Crippen molar-refractivity contribution in [1.82, 2.24) is 0 Å². The van der Waals surface area contributed by atoms with Gasteiger partial charge < -0.3 is 33.8 Å². The van der Waals surface area contributed by atoms with Crippen molar-refractivity contribution in [2.24, 2.45) is 23.7 Å². The fourth-order valence-corrected chi connectivity index (χ4v) is 11.5. The van der Waals surface area contributed by atoms with Gasteiger partial charge in [0.05, 0.1) is 26.4 Å². The van der Waals surface area contributed by atoms with Crippen LogP contribution < -0.4 is 0 Å². The second-order valence-corrected chi connectivity index (χ2v) is 28.6. The number of aliphatic hydroxyl groups is 1. The molecule has 19 heteroatoms.